The van der Waals surface area contributed by atoms with Crippen molar-refractivity contribution in [3.05, 3.63) is 88.9 Å². The maximum atomic E-state index is 13.9. The molecule has 0 aliphatic carbocycles. The summed E-state index contributed by atoms with van der Waals surface area (Å²) in [6.45, 7) is 0.104. The summed E-state index contributed by atoms with van der Waals surface area (Å²) in [5, 5.41) is 0. The zero-order valence-electron chi connectivity index (χ0n) is 15.4. The fourth-order valence-corrected chi connectivity index (χ4v) is 3.15. The molecule has 5 rings (SSSR count). The Morgan fingerprint density at radius 3 is 2.67 bits per heavy atom. The largest absolute Gasteiger partial charge is 0.454 e. The minimum atomic E-state index is -0.598. The topological polar surface area (TPSA) is 71.1 Å². The first-order chi connectivity index (χ1) is 14.6. The number of esters is 1. The first-order valence-electron chi connectivity index (χ1n) is 9.03. The molecule has 0 atom stereocenters. The second kappa shape index (κ2) is 7.04. The van der Waals surface area contributed by atoms with E-state index in [2.05, 4.69) is 0 Å². The monoisotopic (exact) mass is 404 g/mol. The van der Waals surface area contributed by atoms with Crippen molar-refractivity contribution in [1.29, 1.82) is 0 Å². The summed E-state index contributed by atoms with van der Waals surface area (Å²) >= 11 is 0. The van der Waals surface area contributed by atoms with E-state index in [1.54, 1.807) is 30.3 Å². The number of fused-ring (bicyclic) bond motifs is 2. The molecule has 2 aliphatic rings. The number of hydrogen-bond acceptors (Lipinski definition) is 6. The van der Waals surface area contributed by atoms with Crippen molar-refractivity contribution >= 4 is 17.8 Å². The third-order valence-electron chi connectivity index (χ3n) is 4.65. The molecule has 0 saturated heterocycles. The van der Waals surface area contributed by atoms with E-state index < -0.39 is 11.8 Å². The van der Waals surface area contributed by atoms with Crippen LogP contribution in [0.2, 0.25) is 0 Å². The standard InChI is InChI=1S/C23H13FO6/c24-17-4-2-1-3-13(17)9-21-22(25)16-7-6-15(11-19(16)30-21)29-23(26)14-5-8-18-20(10-14)28-12-27-18/h1-11H,12H2/b21-9-. The van der Waals surface area contributed by atoms with Crippen molar-refractivity contribution in [2.45, 2.75) is 0 Å². The zero-order valence-corrected chi connectivity index (χ0v) is 15.4. The second-order valence-corrected chi connectivity index (χ2v) is 6.58. The van der Waals surface area contributed by atoms with Gasteiger partial charge in [-0.1, -0.05) is 18.2 Å². The molecule has 3 aromatic carbocycles. The van der Waals surface area contributed by atoms with Gasteiger partial charge in [-0.15, -0.1) is 0 Å². The molecule has 0 aromatic heterocycles. The van der Waals surface area contributed by atoms with Gasteiger partial charge in [0.05, 0.1) is 11.1 Å². The summed E-state index contributed by atoms with van der Waals surface area (Å²) in [5.41, 5.74) is 0.834. The molecule has 0 unspecified atom stereocenters. The highest BCUT2D eigenvalue weighted by Crippen LogP contribution is 2.36. The van der Waals surface area contributed by atoms with Crippen LogP contribution in [0.15, 0.2) is 66.4 Å². The lowest BCUT2D eigenvalue weighted by Crippen LogP contribution is -2.08. The van der Waals surface area contributed by atoms with E-state index in [-0.39, 0.29) is 41.0 Å². The van der Waals surface area contributed by atoms with Crippen LogP contribution in [0.5, 0.6) is 23.0 Å². The Morgan fingerprint density at radius 2 is 1.80 bits per heavy atom. The Hall–Kier alpha value is -4.13. The van der Waals surface area contributed by atoms with Crippen molar-refractivity contribution < 1.29 is 32.9 Å². The van der Waals surface area contributed by atoms with Crippen LogP contribution in [-0.4, -0.2) is 18.5 Å². The lowest BCUT2D eigenvalue weighted by Gasteiger charge is -2.06. The Bertz CT molecular complexity index is 1230. The summed E-state index contributed by atoms with van der Waals surface area (Å²) in [6, 6.07) is 15.2. The summed E-state index contributed by atoms with van der Waals surface area (Å²) in [4.78, 5) is 25.0. The van der Waals surface area contributed by atoms with Gasteiger partial charge in [0, 0.05) is 11.6 Å². The van der Waals surface area contributed by atoms with Gasteiger partial charge < -0.3 is 18.9 Å². The predicted molar refractivity (Wildman–Crippen MR) is 103 cm³/mol. The highest BCUT2D eigenvalue weighted by molar-refractivity contribution is 6.14. The molecular weight excluding hydrogens is 391 g/mol. The number of carbonyl (C=O) groups is 2. The minimum absolute atomic E-state index is 0.00523. The van der Waals surface area contributed by atoms with Gasteiger partial charge in [-0.25, -0.2) is 9.18 Å². The lowest BCUT2D eigenvalue weighted by atomic mass is 10.1. The molecule has 6 nitrogen and oxygen atoms in total. The van der Waals surface area contributed by atoms with Gasteiger partial charge in [0.25, 0.3) is 0 Å². The summed E-state index contributed by atoms with van der Waals surface area (Å²) < 4.78 is 35.3. The summed E-state index contributed by atoms with van der Waals surface area (Å²) in [7, 11) is 0. The number of allylic oxidation sites excluding steroid dienone is 1. The van der Waals surface area contributed by atoms with Crippen LogP contribution in [0.25, 0.3) is 6.08 Å². The van der Waals surface area contributed by atoms with Gasteiger partial charge in [0.1, 0.15) is 17.3 Å². The molecule has 2 aliphatic heterocycles. The van der Waals surface area contributed by atoms with Gasteiger partial charge in [-0.2, -0.15) is 0 Å². The predicted octanol–water partition coefficient (Wildman–Crippen LogP) is 4.39. The van der Waals surface area contributed by atoms with Crippen LogP contribution in [0, 0.1) is 5.82 Å². The number of carbonyl (C=O) groups excluding carboxylic acids is 2. The molecule has 0 amide bonds. The number of ether oxygens (including phenoxy) is 4. The van der Waals surface area contributed by atoms with Gasteiger partial charge in [-0.3, -0.25) is 4.79 Å². The molecule has 148 valence electrons. The van der Waals surface area contributed by atoms with Crippen molar-refractivity contribution in [3.63, 3.8) is 0 Å². The van der Waals surface area contributed by atoms with Crippen LogP contribution < -0.4 is 18.9 Å². The second-order valence-electron chi connectivity index (χ2n) is 6.58. The first-order valence-corrected chi connectivity index (χ1v) is 9.03. The third kappa shape index (κ3) is 3.16. The average Bonchev–Trinajstić information content (AvgIpc) is 3.33. The van der Waals surface area contributed by atoms with Gasteiger partial charge >= 0.3 is 5.97 Å². The number of benzene rings is 3. The van der Waals surface area contributed by atoms with Gasteiger partial charge in [-0.05, 0) is 42.5 Å². The Balaban J connectivity index is 1.37. The van der Waals surface area contributed by atoms with Crippen LogP contribution >= 0.6 is 0 Å². The quantitative estimate of drug-likeness (QED) is 0.366. The molecule has 0 saturated carbocycles. The molecule has 0 N–H and O–H groups in total. The van der Waals surface area contributed by atoms with Gasteiger partial charge in [0.2, 0.25) is 12.6 Å². The van der Waals surface area contributed by atoms with E-state index in [1.165, 1.54) is 36.4 Å². The van der Waals surface area contributed by atoms with Crippen LogP contribution in [0.4, 0.5) is 4.39 Å². The number of hydrogen-bond donors (Lipinski definition) is 0. The average molecular weight is 404 g/mol. The maximum absolute atomic E-state index is 13.9. The number of ketones is 1. The van der Waals surface area contributed by atoms with Crippen molar-refractivity contribution in [1.82, 2.24) is 0 Å². The molecule has 30 heavy (non-hydrogen) atoms. The Morgan fingerprint density at radius 1 is 0.967 bits per heavy atom. The number of rotatable bonds is 3. The summed E-state index contributed by atoms with van der Waals surface area (Å²) in [6.07, 6.45) is 1.34. The molecular formula is C23H13FO6. The molecule has 0 fully saturated rings. The maximum Gasteiger partial charge on any atom is 0.343 e. The van der Waals surface area contributed by atoms with Crippen LogP contribution in [-0.2, 0) is 0 Å². The highest BCUT2D eigenvalue weighted by Gasteiger charge is 2.28. The minimum Gasteiger partial charge on any atom is -0.454 e. The van der Waals surface area contributed by atoms with Crippen molar-refractivity contribution in [2.24, 2.45) is 0 Å². The lowest BCUT2D eigenvalue weighted by molar-refractivity contribution is 0.0734. The molecule has 2 heterocycles. The van der Waals surface area contributed by atoms with E-state index in [4.69, 9.17) is 18.9 Å². The first kappa shape index (κ1) is 17.9. The van der Waals surface area contributed by atoms with E-state index in [9.17, 15) is 14.0 Å². The molecule has 7 heteroatoms. The highest BCUT2D eigenvalue weighted by atomic mass is 19.1. The normalized spacial score (nSPS) is 15.1. The Labute approximate surface area is 170 Å². The van der Waals surface area contributed by atoms with E-state index >= 15 is 0 Å². The molecule has 0 radical (unpaired) electrons. The molecule has 3 aromatic rings. The van der Waals surface area contributed by atoms with E-state index in [1.807, 2.05) is 0 Å². The van der Waals surface area contributed by atoms with Crippen molar-refractivity contribution in [2.75, 3.05) is 6.79 Å². The van der Waals surface area contributed by atoms with Crippen molar-refractivity contribution in [3.8, 4) is 23.0 Å². The fraction of sp³-hybridized carbons (Fsp3) is 0.0435. The third-order valence-corrected chi connectivity index (χ3v) is 4.65. The van der Waals surface area contributed by atoms with Crippen LogP contribution in [0.3, 0.4) is 0 Å². The summed E-state index contributed by atoms with van der Waals surface area (Å²) in [5.74, 6) is 0.0296. The van der Waals surface area contributed by atoms with E-state index in [0.717, 1.165) is 0 Å². The fourth-order valence-electron chi connectivity index (χ4n) is 3.15. The van der Waals surface area contributed by atoms with Gasteiger partial charge in [0.15, 0.2) is 17.3 Å². The van der Waals surface area contributed by atoms with E-state index in [0.29, 0.717) is 17.1 Å². The Kier molecular flexibility index (Phi) is 4.21. The zero-order chi connectivity index (χ0) is 20.7. The number of halogens is 1. The smallest absolute Gasteiger partial charge is 0.343 e. The molecule has 0 spiro atoms. The SMILES string of the molecule is O=C(Oc1ccc2c(c1)O/C(=C\c1ccccc1F)C2=O)c1ccc2c(c1)OCO2. The number of Topliss-reactive ketones (excluding diaryl/α,β-unsaturated/α-hetero) is 1. The molecule has 0 bridgehead atoms. The van der Waals surface area contributed by atoms with Crippen LogP contribution in [0.1, 0.15) is 26.3 Å².